The maximum atomic E-state index is 12.9. The zero-order chi connectivity index (χ0) is 20.4. The summed E-state index contributed by atoms with van der Waals surface area (Å²) < 4.78 is 3.18. The van der Waals surface area contributed by atoms with E-state index >= 15 is 0 Å². The maximum absolute atomic E-state index is 12.9. The van der Waals surface area contributed by atoms with Crippen molar-refractivity contribution in [2.45, 2.75) is 6.54 Å². The summed E-state index contributed by atoms with van der Waals surface area (Å²) in [4.78, 5) is 21.0. The van der Waals surface area contributed by atoms with Gasteiger partial charge in [0.15, 0.2) is 0 Å². The molecule has 4 heterocycles. The van der Waals surface area contributed by atoms with Gasteiger partial charge in [0.25, 0.3) is 11.3 Å². The molecule has 0 atom stereocenters. The monoisotopic (exact) mass is 405 g/mol. The van der Waals surface area contributed by atoms with Gasteiger partial charge in [0, 0.05) is 24.0 Å². The van der Waals surface area contributed by atoms with Crippen LogP contribution in [0.2, 0.25) is 5.15 Å². The predicted octanol–water partition coefficient (Wildman–Crippen LogP) is 2.55. The number of fused-ring (bicyclic) bond motifs is 1. The van der Waals surface area contributed by atoms with Crippen LogP contribution in [0.15, 0.2) is 61.1 Å². The van der Waals surface area contributed by atoms with Crippen LogP contribution in [-0.4, -0.2) is 25.4 Å². The number of carbonyl (C=O) groups excluding carboxylic acids is 1. The van der Waals surface area contributed by atoms with Gasteiger partial charge < -0.3 is 10.4 Å². The Labute approximate surface area is 170 Å². The maximum Gasteiger partial charge on any atom is 0.337 e. The highest BCUT2D eigenvalue weighted by Crippen LogP contribution is 2.19. The first-order valence-corrected chi connectivity index (χ1v) is 8.94. The van der Waals surface area contributed by atoms with Crippen molar-refractivity contribution in [3.63, 3.8) is 0 Å². The fourth-order valence-corrected chi connectivity index (χ4v) is 3.09. The third kappa shape index (κ3) is 3.59. The topological polar surface area (TPSA) is 107 Å². The van der Waals surface area contributed by atoms with Gasteiger partial charge in [0.05, 0.1) is 17.8 Å². The molecule has 142 valence electrons. The molecule has 4 rings (SSSR count). The first kappa shape index (κ1) is 18.4. The van der Waals surface area contributed by atoms with Gasteiger partial charge in [-0.15, -0.1) is 0 Å². The van der Waals surface area contributed by atoms with E-state index in [1.807, 2.05) is 12.1 Å². The number of nitrogens with one attached hydrogen (secondary N) is 1. The third-order valence-corrected chi connectivity index (χ3v) is 4.52. The molecule has 0 saturated heterocycles. The van der Waals surface area contributed by atoms with E-state index in [0.29, 0.717) is 22.9 Å². The van der Waals surface area contributed by atoms with Crippen LogP contribution < -0.4 is 9.88 Å². The lowest BCUT2D eigenvalue weighted by Gasteiger charge is -2.02. The minimum Gasteiger partial charge on any atom is -0.474 e. The van der Waals surface area contributed by atoms with Crippen LogP contribution in [0.5, 0.6) is 5.88 Å². The molecule has 0 fully saturated rings. The molecular weight excluding hydrogens is 392 g/mol. The van der Waals surface area contributed by atoms with E-state index in [4.69, 9.17) is 16.9 Å². The van der Waals surface area contributed by atoms with Crippen LogP contribution in [0.25, 0.3) is 5.65 Å². The molecule has 29 heavy (non-hydrogen) atoms. The standard InChI is InChI=1S/C20H13ClN6O2/c21-15-5-4-14(11-24-15)12-27-17-3-1-2-8-26(17)18(20(27)29)19(28)25-16-9-13(10-22)6-7-23-16/h1-9,11H,12H2,(H-,23,25,28,29)/p+1. The average Bonchev–Trinajstić information content (AvgIpc) is 3.01. The van der Waals surface area contributed by atoms with E-state index in [1.54, 1.807) is 45.6 Å². The molecule has 0 aliphatic heterocycles. The molecule has 0 aromatic carbocycles. The molecule has 0 unspecified atom stereocenters. The van der Waals surface area contributed by atoms with Crippen molar-refractivity contribution in [3.8, 4) is 11.9 Å². The molecule has 8 nitrogen and oxygen atoms in total. The molecule has 0 aliphatic rings. The van der Waals surface area contributed by atoms with Crippen molar-refractivity contribution in [2.75, 3.05) is 5.32 Å². The molecule has 0 spiro atoms. The van der Waals surface area contributed by atoms with Gasteiger partial charge in [-0.1, -0.05) is 23.7 Å². The predicted molar refractivity (Wildman–Crippen MR) is 105 cm³/mol. The normalized spacial score (nSPS) is 10.6. The number of amides is 1. The summed E-state index contributed by atoms with van der Waals surface area (Å²) in [5.41, 5.74) is 1.83. The molecule has 1 amide bonds. The number of imidazole rings is 1. The lowest BCUT2D eigenvalue weighted by atomic mass is 10.3. The number of carbonyl (C=O) groups is 1. The number of nitrogens with zero attached hydrogens (tertiary/aromatic N) is 5. The van der Waals surface area contributed by atoms with Crippen LogP contribution in [0.3, 0.4) is 0 Å². The Hall–Kier alpha value is -3.96. The Morgan fingerprint density at radius 2 is 2.14 bits per heavy atom. The summed E-state index contributed by atoms with van der Waals surface area (Å²) in [6.45, 7) is 0.291. The Morgan fingerprint density at radius 3 is 2.90 bits per heavy atom. The highest BCUT2D eigenvalue weighted by atomic mass is 35.5. The zero-order valence-corrected chi connectivity index (χ0v) is 15.7. The van der Waals surface area contributed by atoms with Gasteiger partial charge in [0.1, 0.15) is 17.5 Å². The molecule has 0 saturated carbocycles. The Balaban J connectivity index is 1.74. The Bertz CT molecular complexity index is 1260. The first-order valence-electron chi connectivity index (χ1n) is 8.56. The molecule has 4 aromatic heterocycles. The van der Waals surface area contributed by atoms with E-state index < -0.39 is 5.91 Å². The van der Waals surface area contributed by atoms with Gasteiger partial charge in [-0.2, -0.15) is 14.2 Å². The summed E-state index contributed by atoms with van der Waals surface area (Å²) in [5, 5.41) is 22.8. The Kier molecular flexibility index (Phi) is 4.81. The van der Waals surface area contributed by atoms with Gasteiger partial charge >= 0.3 is 11.8 Å². The summed E-state index contributed by atoms with van der Waals surface area (Å²) >= 11 is 5.83. The molecule has 4 aromatic rings. The molecule has 9 heteroatoms. The highest BCUT2D eigenvalue weighted by Gasteiger charge is 2.31. The van der Waals surface area contributed by atoms with Crippen molar-refractivity contribution in [1.82, 2.24) is 14.4 Å². The number of hydrogen-bond donors (Lipinski definition) is 2. The SMILES string of the molecule is N#Cc1ccnc(NC(=O)c2c(O)[n+](Cc3ccc(Cl)nc3)c3ccccn23)c1. The number of anilines is 1. The quantitative estimate of drug-likeness (QED) is 0.401. The smallest absolute Gasteiger partial charge is 0.337 e. The summed E-state index contributed by atoms with van der Waals surface area (Å²) in [7, 11) is 0. The first-order chi connectivity index (χ1) is 14.1. The largest absolute Gasteiger partial charge is 0.474 e. The molecule has 0 aliphatic carbocycles. The van der Waals surface area contributed by atoms with Crippen LogP contribution in [0.4, 0.5) is 5.82 Å². The van der Waals surface area contributed by atoms with Crippen molar-refractivity contribution in [3.05, 3.63) is 83.0 Å². The van der Waals surface area contributed by atoms with E-state index in [1.165, 1.54) is 18.3 Å². The fraction of sp³-hybridized carbons (Fsp3) is 0.0500. The van der Waals surface area contributed by atoms with Crippen molar-refractivity contribution in [1.29, 1.82) is 5.26 Å². The zero-order valence-electron chi connectivity index (χ0n) is 15.0. The van der Waals surface area contributed by atoms with Crippen molar-refractivity contribution in [2.24, 2.45) is 0 Å². The van der Waals surface area contributed by atoms with Gasteiger partial charge in [-0.05, 0) is 24.3 Å². The number of aromatic hydroxyl groups is 1. The molecule has 0 radical (unpaired) electrons. The number of nitriles is 1. The molecule has 2 N–H and O–H groups in total. The third-order valence-electron chi connectivity index (χ3n) is 4.30. The van der Waals surface area contributed by atoms with Crippen LogP contribution in [0.1, 0.15) is 21.6 Å². The molecule has 0 bridgehead atoms. The number of pyridine rings is 3. The summed E-state index contributed by atoms with van der Waals surface area (Å²) in [6, 6.07) is 13.8. The average molecular weight is 406 g/mol. The second-order valence-electron chi connectivity index (χ2n) is 6.17. The number of rotatable bonds is 4. The van der Waals surface area contributed by atoms with Crippen LogP contribution in [-0.2, 0) is 6.54 Å². The Morgan fingerprint density at radius 1 is 1.28 bits per heavy atom. The number of halogens is 1. The van der Waals surface area contributed by atoms with Crippen LogP contribution in [0, 0.1) is 11.3 Å². The minimum absolute atomic E-state index is 0.0479. The number of hydrogen-bond acceptors (Lipinski definition) is 5. The second kappa shape index (κ2) is 7.58. The number of aromatic nitrogens is 4. The van der Waals surface area contributed by atoms with Crippen LogP contribution >= 0.6 is 11.6 Å². The lowest BCUT2D eigenvalue weighted by Crippen LogP contribution is -2.33. The van der Waals surface area contributed by atoms with Crippen molar-refractivity contribution < 1.29 is 14.5 Å². The van der Waals surface area contributed by atoms with Crippen molar-refractivity contribution >= 4 is 29.0 Å². The van der Waals surface area contributed by atoms with Gasteiger partial charge in [-0.3, -0.25) is 4.79 Å². The van der Waals surface area contributed by atoms with E-state index in [-0.39, 0.29) is 17.4 Å². The van der Waals surface area contributed by atoms with E-state index in [2.05, 4.69) is 15.3 Å². The van der Waals surface area contributed by atoms with Gasteiger partial charge in [0.2, 0.25) is 0 Å². The second-order valence-corrected chi connectivity index (χ2v) is 6.56. The van der Waals surface area contributed by atoms with E-state index in [0.717, 1.165) is 5.56 Å². The minimum atomic E-state index is -0.556. The highest BCUT2D eigenvalue weighted by molar-refractivity contribution is 6.29. The lowest BCUT2D eigenvalue weighted by molar-refractivity contribution is -0.668. The summed E-state index contributed by atoms with van der Waals surface area (Å²) in [6.07, 6.45) is 4.72. The van der Waals surface area contributed by atoms with Gasteiger partial charge in [-0.25, -0.2) is 9.97 Å². The van der Waals surface area contributed by atoms with E-state index in [9.17, 15) is 9.90 Å². The summed E-state index contributed by atoms with van der Waals surface area (Å²) in [5.74, 6) is -0.549. The fourth-order valence-electron chi connectivity index (χ4n) is 2.98. The molecular formula is C20H14ClN6O2+.